The third-order valence-electron chi connectivity index (χ3n) is 5.23. The number of aliphatic hydroxyl groups is 1. The van der Waals surface area contributed by atoms with E-state index in [0.29, 0.717) is 19.7 Å². The fraction of sp³-hybridized carbons (Fsp3) is 0.905. The molecule has 0 aromatic heterocycles. The summed E-state index contributed by atoms with van der Waals surface area (Å²) in [6.07, 6.45) is 5.34. The number of guanidine groups is 1. The number of ether oxygens (including phenoxy) is 2. The standard InChI is InChI=1S/C21H40N4O4.HI/c1-5-22-18(24-16-21(27)10-6-11-21)25-13-8-17(9-14-25)28-15-7-12-23-19(26)29-20(2,3)4;/h17,27H,5-16H2,1-4H3,(H,22,24)(H,23,26);1H. The van der Waals surface area contributed by atoms with Gasteiger partial charge in [-0.1, -0.05) is 0 Å². The van der Waals surface area contributed by atoms with Gasteiger partial charge >= 0.3 is 6.09 Å². The minimum atomic E-state index is -0.588. The maximum atomic E-state index is 11.6. The van der Waals surface area contributed by atoms with Gasteiger partial charge in [0.1, 0.15) is 5.60 Å². The third kappa shape index (κ3) is 10.00. The lowest BCUT2D eigenvalue weighted by Crippen LogP contribution is -2.48. The Kier molecular flexibility index (Phi) is 11.7. The number of halogens is 1. The van der Waals surface area contributed by atoms with Crippen LogP contribution in [-0.4, -0.2) is 78.7 Å². The van der Waals surface area contributed by atoms with E-state index in [-0.39, 0.29) is 36.2 Å². The number of carbonyl (C=O) groups is 1. The summed E-state index contributed by atoms with van der Waals surface area (Å²) in [5, 5.41) is 16.4. The zero-order chi connectivity index (χ0) is 21.3. The minimum Gasteiger partial charge on any atom is -0.444 e. The van der Waals surface area contributed by atoms with Crippen LogP contribution in [0.4, 0.5) is 4.79 Å². The Morgan fingerprint density at radius 3 is 2.43 bits per heavy atom. The average molecular weight is 540 g/mol. The average Bonchev–Trinajstić information content (AvgIpc) is 2.62. The van der Waals surface area contributed by atoms with E-state index in [1.807, 2.05) is 20.8 Å². The van der Waals surface area contributed by atoms with Crippen molar-refractivity contribution in [3.63, 3.8) is 0 Å². The van der Waals surface area contributed by atoms with Gasteiger partial charge in [0.2, 0.25) is 0 Å². The first-order valence-electron chi connectivity index (χ1n) is 11.0. The number of alkyl carbamates (subject to hydrolysis) is 1. The second-order valence-corrected chi connectivity index (χ2v) is 9.09. The molecule has 0 aromatic carbocycles. The molecule has 1 aliphatic carbocycles. The molecule has 1 saturated heterocycles. The molecule has 0 spiro atoms. The highest BCUT2D eigenvalue weighted by atomic mass is 127. The maximum Gasteiger partial charge on any atom is 0.407 e. The number of rotatable bonds is 8. The Labute approximate surface area is 198 Å². The van der Waals surface area contributed by atoms with Crippen molar-refractivity contribution in [3.8, 4) is 0 Å². The summed E-state index contributed by atoms with van der Waals surface area (Å²) in [4.78, 5) is 18.5. The van der Waals surface area contributed by atoms with Crippen LogP contribution >= 0.6 is 24.0 Å². The minimum absolute atomic E-state index is 0. The molecule has 30 heavy (non-hydrogen) atoms. The highest BCUT2D eigenvalue weighted by Crippen LogP contribution is 2.31. The van der Waals surface area contributed by atoms with Gasteiger partial charge in [-0.25, -0.2) is 4.79 Å². The Balaban J connectivity index is 0.00000450. The Bertz CT molecular complexity index is 542. The summed E-state index contributed by atoms with van der Waals surface area (Å²) in [5.74, 6) is 0.896. The number of carbonyl (C=O) groups excluding carboxylic acids is 1. The topological polar surface area (TPSA) is 95.4 Å². The first-order chi connectivity index (χ1) is 13.7. The lowest BCUT2D eigenvalue weighted by atomic mass is 9.80. The monoisotopic (exact) mass is 540 g/mol. The largest absolute Gasteiger partial charge is 0.444 e. The van der Waals surface area contributed by atoms with Gasteiger partial charge in [-0.2, -0.15) is 0 Å². The van der Waals surface area contributed by atoms with E-state index in [1.165, 1.54) is 0 Å². The normalized spacial score (nSPS) is 19.5. The first kappa shape index (κ1) is 27.2. The predicted molar refractivity (Wildman–Crippen MR) is 130 cm³/mol. The maximum absolute atomic E-state index is 11.6. The smallest absolute Gasteiger partial charge is 0.407 e. The SMILES string of the molecule is CCNC(=NCC1(O)CCC1)N1CCC(OCCCNC(=O)OC(C)(C)C)CC1.I. The molecular weight excluding hydrogens is 499 g/mol. The third-order valence-corrected chi connectivity index (χ3v) is 5.23. The number of hydrogen-bond donors (Lipinski definition) is 3. The molecule has 1 aliphatic heterocycles. The van der Waals surface area contributed by atoms with Crippen LogP contribution in [0.3, 0.4) is 0 Å². The molecule has 8 nitrogen and oxygen atoms in total. The molecule has 0 bridgehead atoms. The quantitative estimate of drug-likeness (QED) is 0.190. The summed E-state index contributed by atoms with van der Waals surface area (Å²) < 4.78 is 11.2. The van der Waals surface area contributed by atoms with Gasteiger partial charge in [0.15, 0.2) is 5.96 Å². The number of piperidine rings is 1. The number of aliphatic imine (C=N–C) groups is 1. The summed E-state index contributed by atoms with van der Waals surface area (Å²) in [5.41, 5.74) is -1.06. The number of likely N-dealkylation sites (tertiary alicyclic amines) is 1. The molecular formula is C21H41IN4O4. The second kappa shape index (κ2) is 12.9. The Morgan fingerprint density at radius 2 is 1.90 bits per heavy atom. The zero-order valence-corrected chi connectivity index (χ0v) is 21.4. The van der Waals surface area contributed by atoms with E-state index in [1.54, 1.807) is 0 Å². The van der Waals surface area contributed by atoms with Crippen molar-refractivity contribution >= 4 is 36.0 Å². The second-order valence-electron chi connectivity index (χ2n) is 9.09. The molecule has 1 amide bonds. The van der Waals surface area contributed by atoms with Crippen LogP contribution in [-0.2, 0) is 9.47 Å². The van der Waals surface area contributed by atoms with Crippen molar-refractivity contribution in [2.24, 2.45) is 4.99 Å². The van der Waals surface area contributed by atoms with Crippen molar-refractivity contribution in [1.82, 2.24) is 15.5 Å². The molecule has 0 unspecified atom stereocenters. The fourth-order valence-corrected chi connectivity index (χ4v) is 3.45. The van der Waals surface area contributed by atoms with E-state index in [4.69, 9.17) is 9.47 Å². The Hall–Kier alpha value is -0.810. The highest BCUT2D eigenvalue weighted by molar-refractivity contribution is 14.0. The lowest BCUT2D eigenvalue weighted by molar-refractivity contribution is -0.0240. The van der Waals surface area contributed by atoms with Crippen molar-refractivity contribution in [3.05, 3.63) is 0 Å². The molecule has 1 heterocycles. The van der Waals surface area contributed by atoms with Crippen molar-refractivity contribution < 1.29 is 19.4 Å². The van der Waals surface area contributed by atoms with Crippen LogP contribution in [0.2, 0.25) is 0 Å². The van der Waals surface area contributed by atoms with Gasteiger partial charge in [0.25, 0.3) is 0 Å². The van der Waals surface area contributed by atoms with Crippen molar-refractivity contribution in [2.45, 2.75) is 83.5 Å². The Morgan fingerprint density at radius 1 is 1.23 bits per heavy atom. The molecule has 0 radical (unpaired) electrons. The molecule has 9 heteroatoms. The molecule has 0 aromatic rings. The van der Waals surface area contributed by atoms with Crippen molar-refractivity contribution in [2.75, 3.05) is 39.3 Å². The highest BCUT2D eigenvalue weighted by Gasteiger charge is 2.34. The summed E-state index contributed by atoms with van der Waals surface area (Å²) in [6.45, 7) is 11.9. The molecule has 176 valence electrons. The van der Waals surface area contributed by atoms with Gasteiger partial charge in [0, 0.05) is 32.8 Å². The molecule has 2 rings (SSSR count). The first-order valence-corrected chi connectivity index (χ1v) is 11.0. The number of amides is 1. The van der Waals surface area contributed by atoms with Crippen molar-refractivity contribution in [1.29, 1.82) is 0 Å². The van der Waals surface area contributed by atoms with E-state index >= 15 is 0 Å². The van der Waals surface area contributed by atoms with E-state index in [0.717, 1.165) is 64.1 Å². The molecule has 2 fully saturated rings. The summed E-state index contributed by atoms with van der Waals surface area (Å²) in [6, 6.07) is 0. The summed E-state index contributed by atoms with van der Waals surface area (Å²) in [7, 11) is 0. The number of nitrogens with zero attached hydrogens (tertiary/aromatic N) is 2. The van der Waals surface area contributed by atoms with Crippen LogP contribution in [0.1, 0.15) is 66.2 Å². The van der Waals surface area contributed by atoms with E-state index < -0.39 is 11.2 Å². The summed E-state index contributed by atoms with van der Waals surface area (Å²) >= 11 is 0. The molecule has 3 N–H and O–H groups in total. The molecule has 2 aliphatic rings. The zero-order valence-electron chi connectivity index (χ0n) is 19.0. The van der Waals surface area contributed by atoms with Gasteiger partial charge in [-0.05, 0) is 66.2 Å². The van der Waals surface area contributed by atoms with Crippen LogP contribution in [0.15, 0.2) is 4.99 Å². The molecule has 0 atom stereocenters. The number of hydrogen-bond acceptors (Lipinski definition) is 5. The van der Waals surface area contributed by atoms with Crippen LogP contribution in [0.5, 0.6) is 0 Å². The van der Waals surface area contributed by atoms with Gasteiger partial charge in [0.05, 0.1) is 18.2 Å². The lowest BCUT2D eigenvalue weighted by Gasteiger charge is -2.37. The predicted octanol–water partition coefficient (Wildman–Crippen LogP) is 2.88. The fourth-order valence-electron chi connectivity index (χ4n) is 3.45. The van der Waals surface area contributed by atoms with Gasteiger partial charge < -0.3 is 30.1 Å². The van der Waals surface area contributed by atoms with Gasteiger partial charge in [-0.15, -0.1) is 24.0 Å². The van der Waals surface area contributed by atoms with Crippen LogP contribution in [0, 0.1) is 0 Å². The van der Waals surface area contributed by atoms with E-state index in [2.05, 4.69) is 27.4 Å². The van der Waals surface area contributed by atoms with Gasteiger partial charge in [-0.3, -0.25) is 4.99 Å². The van der Waals surface area contributed by atoms with Crippen LogP contribution < -0.4 is 10.6 Å². The van der Waals surface area contributed by atoms with Crippen LogP contribution in [0.25, 0.3) is 0 Å². The number of nitrogens with one attached hydrogen (secondary N) is 2. The van der Waals surface area contributed by atoms with E-state index in [9.17, 15) is 9.90 Å². The molecule has 1 saturated carbocycles.